The highest BCUT2D eigenvalue weighted by Gasteiger charge is 2.26. The molecular weight excluding hydrogens is 691 g/mol. The van der Waals surface area contributed by atoms with Crippen molar-refractivity contribution in [3.8, 4) is 0 Å². The number of benzene rings is 2. The summed E-state index contributed by atoms with van der Waals surface area (Å²) in [7, 11) is 0. The van der Waals surface area contributed by atoms with Crippen molar-refractivity contribution >= 4 is 37.9 Å². The van der Waals surface area contributed by atoms with Gasteiger partial charge in [0.25, 0.3) is 0 Å². The van der Waals surface area contributed by atoms with E-state index in [0.717, 1.165) is 55.9 Å². The Morgan fingerprint density at radius 2 is 0.894 bits per heavy atom. The summed E-state index contributed by atoms with van der Waals surface area (Å²) in [5.74, 6) is -0.878. The van der Waals surface area contributed by atoms with Crippen molar-refractivity contribution in [2.45, 2.75) is 207 Å². The van der Waals surface area contributed by atoms with Crippen LogP contribution in [0.4, 0.5) is 0 Å². The fourth-order valence-electron chi connectivity index (χ4n) is 7.50. The summed E-state index contributed by atoms with van der Waals surface area (Å²) >= 11 is -1.63. The molecule has 0 saturated heterocycles. The summed E-state index contributed by atoms with van der Waals surface area (Å²) in [5.41, 5.74) is 5.65. The van der Waals surface area contributed by atoms with Gasteiger partial charge in [-0.25, -0.2) is 4.79 Å². The van der Waals surface area contributed by atoms with Gasteiger partial charge in [-0.3, -0.25) is 3.07 Å². The first-order chi connectivity index (χ1) is 23.0. The van der Waals surface area contributed by atoms with Crippen LogP contribution in [0.5, 0.6) is 0 Å². The Labute approximate surface area is 300 Å². The largest absolute Gasteiger partial charge is 0.478 e. The molecule has 268 valence electrons. The monoisotopic (exact) mass is 762 g/mol. The van der Waals surface area contributed by atoms with Crippen LogP contribution in [0.25, 0.3) is 10.8 Å². The molecule has 1 N–H and O–H groups in total. The zero-order valence-electron chi connectivity index (χ0n) is 31.1. The number of halogens is 1. The Hall–Kier alpha value is -1.30. The fourth-order valence-corrected chi connectivity index (χ4v) is 8.97. The molecule has 0 heterocycles. The van der Waals surface area contributed by atoms with Crippen LogP contribution >= 0.6 is 21.2 Å². The number of aromatic carboxylic acids is 1. The Morgan fingerprint density at radius 1 is 0.511 bits per heavy atom. The highest BCUT2D eigenvalue weighted by molar-refractivity contribution is 14.1. The van der Waals surface area contributed by atoms with Gasteiger partial charge in [-0.15, -0.1) is 0 Å². The van der Waals surface area contributed by atoms with E-state index in [4.69, 9.17) is 0 Å². The maximum absolute atomic E-state index is 13.0. The minimum absolute atomic E-state index is 0.393. The fraction of sp³-hybridized carbons (Fsp3) is 0.744. The molecule has 3 nitrogen and oxygen atoms in total. The molecule has 2 aromatic carbocycles. The molecule has 4 heteroatoms. The molecule has 0 saturated carbocycles. The molecule has 2 rings (SSSR count). The van der Waals surface area contributed by atoms with Crippen LogP contribution in [0.1, 0.15) is 214 Å². The molecule has 0 amide bonds. The second kappa shape index (κ2) is 26.6. The van der Waals surface area contributed by atoms with Crippen LogP contribution in [0.3, 0.4) is 0 Å². The van der Waals surface area contributed by atoms with Crippen molar-refractivity contribution in [2.75, 3.05) is 0 Å². The van der Waals surface area contributed by atoms with Gasteiger partial charge in [0.15, 0.2) is 21.2 Å². The molecule has 0 aliphatic heterocycles. The molecule has 47 heavy (non-hydrogen) atoms. The molecule has 0 aliphatic carbocycles. The highest BCUT2D eigenvalue weighted by Crippen LogP contribution is 2.39. The maximum Gasteiger partial charge on any atom is 0.337 e. The van der Waals surface area contributed by atoms with Gasteiger partial charge < -0.3 is 5.11 Å². The second-order valence-corrected chi connectivity index (χ2v) is 15.7. The Kier molecular flexibility index (Phi) is 23.7. The first kappa shape index (κ1) is 41.9. The van der Waals surface area contributed by atoms with E-state index in [-0.39, 0.29) is 0 Å². The third kappa shape index (κ3) is 15.0. The summed E-state index contributed by atoms with van der Waals surface area (Å²) in [6, 6.07) is 4.46. The first-order valence-corrected chi connectivity index (χ1v) is 22.1. The van der Waals surface area contributed by atoms with Crippen molar-refractivity contribution in [3.63, 3.8) is 0 Å². The summed E-state index contributed by atoms with van der Waals surface area (Å²) in [6.45, 7) is 9.07. The lowest BCUT2D eigenvalue weighted by atomic mass is 9.83. The molecule has 0 fully saturated rings. The highest BCUT2D eigenvalue weighted by atomic mass is 127. The number of carboxylic acids is 1. The molecule has 2 aromatic rings. The van der Waals surface area contributed by atoms with E-state index in [1.54, 1.807) is 0 Å². The van der Waals surface area contributed by atoms with E-state index in [9.17, 15) is 13.0 Å². The van der Waals surface area contributed by atoms with Gasteiger partial charge in [-0.2, -0.15) is 0 Å². The molecule has 0 aliphatic rings. The molecule has 0 spiro atoms. The standard InChI is InChI=1S/C43H71IO3/c1-5-9-13-17-21-25-29-35-33-34-39-40(36(35)30-26-22-18-14-10-6-2)37(31-27-23-19-15-11-7-3)38(32-28-24-20-16-12-8-4)41(43(45)46)42(39)44-47/h33-34H,5-32H2,1-4H3,(H,45,46). The topological polar surface area (TPSA) is 54.4 Å². The quantitative estimate of drug-likeness (QED) is 0.0637. The Morgan fingerprint density at radius 3 is 1.32 bits per heavy atom. The molecule has 0 radical (unpaired) electrons. The smallest absolute Gasteiger partial charge is 0.337 e. The van der Waals surface area contributed by atoms with Crippen molar-refractivity contribution in [1.82, 2.24) is 0 Å². The van der Waals surface area contributed by atoms with Gasteiger partial charge in [0.2, 0.25) is 0 Å². The predicted molar refractivity (Wildman–Crippen MR) is 213 cm³/mol. The summed E-state index contributed by atoms with van der Waals surface area (Å²) in [5, 5.41) is 13.0. The number of hydrogen-bond acceptors (Lipinski definition) is 2. The normalized spacial score (nSPS) is 11.6. The SMILES string of the molecule is CCCCCCCCc1ccc2c(I=O)c(C(=O)O)c(CCCCCCCC)c(CCCCCCCC)c2c1CCCCCCCC. The molecule has 0 bridgehead atoms. The van der Waals surface area contributed by atoms with Gasteiger partial charge >= 0.3 is 5.97 Å². The molecule has 0 unspecified atom stereocenters. The van der Waals surface area contributed by atoms with E-state index in [1.807, 2.05) is 0 Å². The van der Waals surface area contributed by atoms with Crippen LogP contribution in [0.15, 0.2) is 12.1 Å². The van der Waals surface area contributed by atoms with Crippen molar-refractivity contribution < 1.29 is 13.0 Å². The van der Waals surface area contributed by atoms with E-state index in [0.29, 0.717) is 9.13 Å². The van der Waals surface area contributed by atoms with Crippen LogP contribution in [0.2, 0.25) is 0 Å². The van der Waals surface area contributed by atoms with Crippen LogP contribution in [-0.4, -0.2) is 11.1 Å². The Bertz CT molecular complexity index is 1150. The lowest BCUT2D eigenvalue weighted by Gasteiger charge is -2.23. The van der Waals surface area contributed by atoms with Crippen molar-refractivity contribution in [3.05, 3.63) is 43.5 Å². The third-order valence-corrected chi connectivity index (χ3v) is 11.8. The van der Waals surface area contributed by atoms with Crippen molar-refractivity contribution in [2.24, 2.45) is 0 Å². The second-order valence-electron chi connectivity index (χ2n) is 14.2. The number of fused-ring (bicyclic) bond motifs is 1. The zero-order chi connectivity index (χ0) is 34.1. The number of aryl methyl sites for hydroxylation is 3. The number of carboxylic acid groups (broad SMARTS) is 1. The zero-order valence-corrected chi connectivity index (χ0v) is 33.3. The first-order valence-electron chi connectivity index (χ1n) is 20.2. The van der Waals surface area contributed by atoms with E-state index < -0.39 is 27.2 Å². The third-order valence-electron chi connectivity index (χ3n) is 10.3. The average molecular weight is 763 g/mol. The minimum Gasteiger partial charge on any atom is -0.478 e. The van der Waals surface area contributed by atoms with Gasteiger partial charge in [0, 0.05) is 0 Å². The number of rotatable bonds is 30. The van der Waals surface area contributed by atoms with Crippen molar-refractivity contribution in [1.29, 1.82) is 0 Å². The van der Waals surface area contributed by atoms with Crippen LogP contribution in [0, 0.1) is 3.57 Å². The lowest BCUT2D eigenvalue weighted by molar-refractivity contribution is 0.0694. The Balaban J connectivity index is 2.63. The van der Waals surface area contributed by atoms with E-state index >= 15 is 0 Å². The lowest BCUT2D eigenvalue weighted by Crippen LogP contribution is -2.13. The maximum atomic E-state index is 13.0. The molecule has 0 aromatic heterocycles. The van der Waals surface area contributed by atoms with E-state index in [2.05, 4.69) is 39.8 Å². The van der Waals surface area contributed by atoms with Gasteiger partial charge in [-0.1, -0.05) is 168 Å². The van der Waals surface area contributed by atoms with Crippen LogP contribution < -0.4 is 0 Å². The molecule has 0 atom stereocenters. The number of hydrogen-bond donors (Lipinski definition) is 1. The summed E-state index contributed by atoms with van der Waals surface area (Å²) in [4.78, 5) is 13.0. The number of carbonyl (C=O) groups is 1. The minimum atomic E-state index is -1.63. The van der Waals surface area contributed by atoms with Crippen LogP contribution in [-0.2, 0) is 28.8 Å². The van der Waals surface area contributed by atoms with Gasteiger partial charge in [0.1, 0.15) is 0 Å². The summed E-state index contributed by atoms with van der Waals surface area (Å²) in [6.07, 6.45) is 33.7. The van der Waals surface area contributed by atoms with Gasteiger partial charge in [0.05, 0.1) is 9.13 Å². The average Bonchev–Trinajstić information content (AvgIpc) is 3.07. The predicted octanol–water partition coefficient (Wildman–Crippen LogP) is 14.6. The summed E-state index contributed by atoms with van der Waals surface area (Å²) < 4.78 is 13.7. The van der Waals surface area contributed by atoms with E-state index in [1.165, 1.54) is 157 Å². The van der Waals surface area contributed by atoms with Gasteiger partial charge in [-0.05, 0) is 84.4 Å². The molecular formula is C43H71IO3. The number of unbranched alkanes of at least 4 members (excludes halogenated alkanes) is 20.